The lowest BCUT2D eigenvalue weighted by Crippen LogP contribution is -2.32. The summed E-state index contributed by atoms with van der Waals surface area (Å²) in [6, 6.07) is 7.74. The van der Waals surface area contributed by atoms with Crippen molar-refractivity contribution in [2.24, 2.45) is 0 Å². The van der Waals surface area contributed by atoms with Gasteiger partial charge in [-0.2, -0.15) is 0 Å². The fourth-order valence-corrected chi connectivity index (χ4v) is 2.76. The lowest BCUT2D eigenvalue weighted by Gasteiger charge is -2.29. The van der Waals surface area contributed by atoms with Gasteiger partial charge in [-0.15, -0.1) is 12.3 Å². The van der Waals surface area contributed by atoms with Crippen LogP contribution in [-0.2, 0) is 0 Å². The molecule has 1 heterocycles. The fourth-order valence-electron chi connectivity index (χ4n) is 2.76. The van der Waals surface area contributed by atoms with Gasteiger partial charge in [-0.05, 0) is 38.5 Å². The van der Waals surface area contributed by atoms with Gasteiger partial charge in [-0.25, -0.2) is 4.79 Å². The van der Waals surface area contributed by atoms with Crippen molar-refractivity contribution in [1.29, 1.82) is 0 Å². The summed E-state index contributed by atoms with van der Waals surface area (Å²) < 4.78 is 5.39. The van der Waals surface area contributed by atoms with E-state index in [0.717, 1.165) is 24.0 Å². The number of fused-ring (bicyclic) bond motifs is 1. The zero-order valence-corrected chi connectivity index (χ0v) is 14.5. The van der Waals surface area contributed by atoms with Gasteiger partial charge in [0.05, 0.1) is 0 Å². The van der Waals surface area contributed by atoms with Crippen LogP contribution < -0.4 is 10.5 Å². The minimum atomic E-state index is -0.603. The molecule has 0 aliphatic heterocycles. The second-order valence-corrected chi connectivity index (χ2v) is 5.84. The summed E-state index contributed by atoms with van der Waals surface area (Å²) in [5.41, 5.74) is 0.967. The number of hydrogen-bond donors (Lipinski definition) is 0. The van der Waals surface area contributed by atoms with E-state index in [0.29, 0.717) is 18.0 Å². The minimum Gasteiger partial charge on any atom is -0.422 e. The first-order chi connectivity index (χ1) is 11.5. The van der Waals surface area contributed by atoms with E-state index in [2.05, 4.69) is 31.6 Å². The topological polar surface area (TPSA) is 50.5 Å². The van der Waals surface area contributed by atoms with Crippen LogP contribution in [0, 0.1) is 12.3 Å². The van der Waals surface area contributed by atoms with E-state index in [-0.39, 0.29) is 17.8 Å². The number of rotatable bonds is 7. The Hall–Kier alpha value is -2.54. The number of ketones is 1. The number of Topliss-reactive ketones (excluding diaryl/α,β-unsaturated/α-hetero) is 1. The van der Waals surface area contributed by atoms with Crippen LogP contribution in [0.15, 0.2) is 33.5 Å². The van der Waals surface area contributed by atoms with Crippen LogP contribution in [0.3, 0.4) is 0 Å². The second-order valence-electron chi connectivity index (χ2n) is 5.84. The lowest BCUT2D eigenvalue weighted by molar-refractivity contribution is 0.0981. The number of terminal acetylenes is 1. The molecule has 2 aromatic rings. The van der Waals surface area contributed by atoms with Crippen molar-refractivity contribution < 1.29 is 9.21 Å². The molecule has 1 aromatic heterocycles. The van der Waals surface area contributed by atoms with Gasteiger partial charge in [0.2, 0.25) is 0 Å². The summed E-state index contributed by atoms with van der Waals surface area (Å²) >= 11 is 0. The number of carbonyl (C=O) groups is 1. The number of hydrogen-bond acceptors (Lipinski definition) is 4. The van der Waals surface area contributed by atoms with E-state index in [1.807, 2.05) is 18.2 Å². The van der Waals surface area contributed by atoms with Gasteiger partial charge >= 0.3 is 5.63 Å². The highest BCUT2D eigenvalue weighted by Gasteiger charge is 2.15. The van der Waals surface area contributed by atoms with Gasteiger partial charge in [-0.1, -0.05) is 6.92 Å². The van der Waals surface area contributed by atoms with Gasteiger partial charge in [0, 0.05) is 42.6 Å². The molecule has 0 saturated carbocycles. The van der Waals surface area contributed by atoms with Crippen molar-refractivity contribution in [3.63, 3.8) is 0 Å². The molecule has 4 heteroatoms. The van der Waals surface area contributed by atoms with Crippen LogP contribution >= 0.6 is 0 Å². The Balaban J connectivity index is 2.43. The van der Waals surface area contributed by atoms with Crippen LogP contribution in [0.2, 0.25) is 0 Å². The molecular weight excluding hydrogens is 302 g/mol. The molecule has 1 atom stereocenters. The van der Waals surface area contributed by atoms with Crippen LogP contribution in [0.4, 0.5) is 5.69 Å². The first-order valence-electron chi connectivity index (χ1n) is 8.33. The fraction of sp³-hybridized carbons (Fsp3) is 0.400. The smallest absolute Gasteiger partial charge is 0.347 e. The molecule has 2 rings (SSSR count). The number of benzene rings is 1. The summed E-state index contributed by atoms with van der Waals surface area (Å²) in [6.07, 6.45) is 6.67. The van der Waals surface area contributed by atoms with Crippen molar-refractivity contribution in [3.05, 3.63) is 40.2 Å². The standard InChI is InChI=1S/C20H23NO3/c1-5-8-9-18(22)17-12-15-10-11-16(13-19(15)24-20(17)23)21(7-3)14(4)6-2/h1,10-14H,6-9H2,2-4H3. The average molecular weight is 325 g/mol. The Morgan fingerprint density at radius 1 is 1.33 bits per heavy atom. The van der Waals surface area contributed by atoms with Crippen molar-refractivity contribution in [1.82, 2.24) is 0 Å². The zero-order valence-electron chi connectivity index (χ0n) is 14.5. The third-order valence-electron chi connectivity index (χ3n) is 4.31. The summed E-state index contributed by atoms with van der Waals surface area (Å²) in [7, 11) is 0. The molecule has 0 spiro atoms. The first kappa shape index (κ1) is 17.8. The zero-order chi connectivity index (χ0) is 17.7. The summed E-state index contributed by atoms with van der Waals surface area (Å²) in [5.74, 6) is 2.13. The third-order valence-corrected chi connectivity index (χ3v) is 4.31. The van der Waals surface area contributed by atoms with Crippen LogP contribution in [0.5, 0.6) is 0 Å². The van der Waals surface area contributed by atoms with Crippen LogP contribution in [0.1, 0.15) is 50.4 Å². The summed E-state index contributed by atoms with van der Waals surface area (Å²) in [4.78, 5) is 26.4. The molecule has 24 heavy (non-hydrogen) atoms. The molecule has 0 amide bonds. The van der Waals surface area contributed by atoms with E-state index < -0.39 is 5.63 Å². The van der Waals surface area contributed by atoms with Gasteiger partial charge < -0.3 is 9.32 Å². The highest BCUT2D eigenvalue weighted by atomic mass is 16.4. The molecule has 1 unspecified atom stereocenters. The van der Waals surface area contributed by atoms with Gasteiger partial charge in [0.25, 0.3) is 0 Å². The number of carbonyl (C=O) groups excluding carboxylic acids is 1. The van der Waals surface area contributed by atoms with Gasteiger partial charge in [-0.3, -0.25) is 4.79 Å². The monoisotopic (exact) mass is 325 g/mol. The molecule has 4 nitrogen and oxygen atoms in total. The van der Waals surface area contributed by atoms with Crippen molar-refractivity contribution in [2.75, 3.05) is 11.4 Å². The minimum absolute atomic E-state index is 0.0692. The maximum Gasteiger partial charge on any atom is 0.347 e. The van der Waals surface area contributed by atoms with E-state index in [9.17, 15) is 9.59 Å². The van der Waals surface area contributed by atoms with E-state index in [1.165, 1.54) is 0 Å². The quantitative estimate of drug-likeness (QED) is 0.438. The van der Waals surface area contributed by atoms with Crippen molar-refractivity contribution in [2.45, 2.75) is 46.1 Å². The SMILES string of the molecule is C#CCCC(=O)c1cc2ccc(N(CC)C(C)CC)cc2oc1=O. The molecule has 0 radical (unpaired) electrons. The Kier molecular flexibility index (Phi) is 5.81. The number of anilines is 1. The molecule has 1 aromatic carbocycles. The van der Waals surface area contributed by atoms with Gasteiger partial charge in [0.1, 0.15) is 11.1 Å². The molecule has 0 fully saturated rings. The Morgan fingerprint density at radius 3 is 2.71 bits per heavy atom. The van der Waals surface area contributed by atoms with E-state index >= 15 is 0 Å². The average Bonchev–Trinajstić information content (AvgIpc) is 2.59. The third kappa shape index (κ3) is 3.68. The van der Waals surface area contributed by atoms with Crippen LogP contribution in [-0.4, -0.2) is 18.4 Å². The van der Waals surface area contributed by atoms with Gasteiger partial charge in [0.15, 0.2) is 5.78 Å². The lowest BCUT2D eigenvalue weighted by atomic mass is 10.1. The molecule has 0 aliphatic carbocycles. The Labute approximate surface area is 142 Å². The van der Waals surface area contributed by atoms with E-state index in [4.69, 9.17) is 10.8 Å². The predicted molar refractivity (Wildman–Crippen MR) is 97.7 cm³/mol. The molecule has 126 valence electrons. The predicted octanol–water partition coefficient (Wildman–Crippen LogP) is 4.01. The highest BCUT2D eigenvalue weighted by molar-refractivity contribution is 5.98. The largest absolute Gasteiger partial charge is 0.422 e. The van der Waals surface area contributed by atoms with Crippen molar-refractivity contribution >= 4 is 22.4 Å². The summed E-state index contributed by atoms with van der Waals surface area (Å²) in [6.45, 7) is 7.27. The first-order valence-corrected chi connectivity index (χ1v) is 8.33. The second kappa shape index (κ2) is 7.83. The van der Waals surface area contributed by atoms with Crippen LogP contribution in [0.25, 0.3) is 11.0 Å². The summed E-state index contributed by atoms with van der Waals surface area (Å²) in [5, 5.41) is 0.739. The highest BCUT2D eigenvalue weighted by Crippen LogP contribution is 2.24. The molecule has 0 N–H and O–H groups in total. The Morgan fingerprint density at radius 2 is 2.08 bits per heavy atom. The Bertz CT molecular complexity index is 829. The maximum absolute atomic E-state index is 12.1. The molecule has 0 aliphatic rings. The maximum atomic E-state index is 12.1. The van der Waals surface area contributed by atoms with Crippen molar-refractivity contribution in [3.8, 4) is 12.3 Å². The normalized spacial score (nSPS) is 11.9. The van der Waals surface area contributed by atoms with E-state index in [1.54, 1.807) is 6.07 Å². The molecule has 0 saturated heterocycles. The molecular formula is C20H23NO3. The number of nitrogens with zero attached hydrogens (tertiary/aromatic N) is 1. The molecule has 0 bridgehead atoms.